The van der Waals surface area contributed by atoms with E-state index in [1.165, 1.54) is 0 Å². The van der Waals surface area contributed by atoms with Gasteiger partial charge in [-0.05, 0) is 31.2 Å². The minimum absolute atomic E-state index is 0.168. The van der Waals surface area contributed by atoms with Crippen LogP contribution in [-0.2, 0) is 0 Å². The largest absolute Gasteiger partial charge is 0.387 e. The predicted octanol–water partition coefficient (Wildman–Crippen LogP) is 2.68. The van der Waals surface area contributed by atoms with Crippen LogP contribution >= 0.6 is 0 Å². The van der Waals surface area contributed by atoms with Gasteiger partial charge in [-0.15, -0.1) is 0 Å². The van der Waals surface area contributed by atoms with Crippen molar-refractivity contribution in [1.82, 2.24) is 4.98 Å². The number of nitrogens with one attached hydrogen (secondary N) is 2. The first-order valence-electron chi connectivity index (χ1n) is 5.72. The Morgan fingerprint density at radius 1 is 1.11 bits per heavy atom. The third kappa shape index (κ3) is 2.66. The van der Waals surface area contributed by atoms with Gasteiger partial charge in [-0.3, -0.25) is 4.79 Å². The summed E-state index contributed by atoms with van der Waals surface area (Å²) in [5.41, 5.74) is 2.26. The zero-order valence-corrected chi connectivity index (χ0v) is 10.4. The number of aryl methyl sites for hydroxylation is 1. The lowest BCUT2D eigenvalue weighted by Crippen LogP contribution is -2.14. The summed E-state index contributed by atoms with van der Waals surface area (Å²) in [6.07, 6.45) is 0. The van der Waals surface area contributed by atoms with Crippen LogP contribution in [0.4, 0.5) is 11.5 Å². The number of aromatic nitrogens is 1. The van der Waals surface area contributed by atoms with Crippen molar-refractivity contribution in [2.45, 2.75) is 6.92 Å². The first-order valence-corrected chi connectivity index (χ1v) is 5.72. The van der Waals surface area contributed by atoms with Crippen molar-refractivity contribution in [3.63, 3.8) is 0 Å². The fourth-order valence-electron chi connectivity index (χ4n) is 1.70. The molecule has 2 N–H and O–H groups in total. The highest BCUT2D eigenvalue weighted by atomic mass is 16.1. The molecule has 4 heteroatoms. The maximum Gasteiger partial charge on any atom is 0.258 e. The molecule has 1 aromatic carbocycles. The van der Waals surface area contributed by atoms with E-state index in [4.69, 9.17) is 0 Å². The van der Waals surface area contributed by atoms with Crippen LogP contribution in [0.15, 0.2) is 42.5 Å². The maximum atomic E-state index is 12.1. The molecule has 4 nitrogen and oxygen atoms in total. The maximum absolute atomic E-state index is 12.1. The summed E-state index contributed by atoms with van der Waals surface area (Å²) in [5.74, 6) is 0.393. The second-order valence-electron chi connectivity index (χ2n) is 3.91. The summed E-state index contributed by atoms with van der Waals surface area (Å²) in [6, 6.07) is 12.9. The normalized spacial score (nSPS) is 9.89. The lowest BCUT2D eigenvalue weighted by Gasteiger charge is -2.09. The number of hydrogen-bond donors (Lipinski definition) is 2. The molecule has 0 spiro atoms. The Hall–Kier alpha value is -2.36. The van der Waals surface area contributed by atoms with Gasteiger partial charge in [0.25, 0.3) is 5.91 Å². The lowest BCUT2D eigenvalue weighted by molar-refractivity contribution is 0.102. The van der Waals surface area contributed by atoms with Gasteiger partial charge in [0, 0.05) is 18.4 Å². The first kappa shape index (κ1) is 12.1. The molecule has 0 radical (unpaired) electrons. The molecule has 18 heavy (non-hydrogen) atoms. The van der Waals surface area contributed by atoms with Crippen LogP contribution in [0.25, 0.3) is 0 Å². The van der Waals surface area contributed by atoms with E-state index in [2.05, 4.69) is 15.6 Å². The van der Waals surface area contributed by atoms with Crippen molar-refractivity contribution in [2.75, 3.05) is 17.7 Å². The number of para-hydroxylation sites is 1. The van der Waals surface area contributed by atoms with Crippen molar-refractivity contribution in [3.05, 3.63) is 53.7 Å². The minimum atomic E-state index is -0.168. The van der Waals surface area contributed by atoms with Crippen molar-refractivity contribution in [3.8, 4) is 0 Å². The third-order valence-electron chi connectivity index (χ3n) is 2.57. The highest BCUT2D eigenvalue weighted by Crippen LogP contribution is 2.15. The Morgan fingerprint density at radius 2 is 1.89 bits per heavy atom. The van der Waals surface area contributed by atoms with Gasteiger partial charge in [0.2, 0.25) is 0 Å². The molecular formula is C14H15N3O. The molecule has 0 saturated heterocycles. The van der Waals surface area contributed by atoms with Crippen LogP contribution in [-0.4, -0.2) is 17.9 Å². The van der Waals surface area contributed by atoms with E-state index in [0.717, 1.165) is 11.4 Å². The van der Waals surface area contributed by atoms with Crippen LogP contribution < -0.4 is 10.6 Å². The third-order valence-corrected chi connectivity index (χ3v) is 2.57. The van der Waals surface area contributed by atoms with Gasteiger partial charge in [0.05, 0.1) is 5.56 Å². The molecule has 0 bridgehead atoms. The summed E-state index contributed by atoms with van der Waals surface area (Å²) in [5, 5.41) is 5.78. The number of carbonyl (C=O) groups excluding carboxylic acids is 1. The van der Waals surface area contributed by atoms with Crippen LogP contribution in [0.1, 0.15) is 16.1 Å². The standard InChI is InChI=1S/C14H15N3O/c1-10-6-5-9-13(16-10)17-14(18)11-7-3-4-8-12(11)15-2/h3-9,15H,1-2H3,(H,16,17,18). The molecular weight excluding hydrogens is 226 g/mol. The van der Waals surface area contributed by atoms with Crippen LogP contribution in [0.2, 0.25) is 0 Å². The minimum Gasteiger partial charge on any atom is -0.387 e. The molecule has 1 amide bonds. The predicted molar refractivity (Wildman–Crippen MR) is 72.9 cm³/mol. The number of hydrogen-bond acceptors (Lipinski definition) is 3. The average molecular weight is 241 g/mol. The van der Waals surface area contributed by atoms with E-state index in [1.54, 1.807) is 19.2 Å². The van der Waals surface area contributed by atoms with E-state index >= 15 is 0 Å². The van der Waals surface area contributed by atoms with Gasteiger partial charge in [-0.25, -0.2) is 4.98 Å². The Morgan fingerprint density at radius 3 is 2.61 bits per heavy atom. The number of benzene rings is 1. The van der Waals surface area contributed by atoms with E-state index < -0.39 is 0 Å². The summed E-state index contributed by atoms with van der Waals surface area (Å²) < 4.78 is 0. The van der Waals surface area contributed by atoms with Crippen LogP contribution in [0.3, 0.4) is 0 Å². The van der Waals surface area contributed by atoms with Gasteiger partial charge in [0.15, 0.2) is 0 Å². The molecule has 1 aromatic heterocycles. The highest BCUT2D eigenvalue weighted by molar-refractivity contribution is 6.07. The number of pyridine rings is 1. The molecule has 0 atom stereocenters. The Bertz CT molecular complexity index is 566. The van der Waals surface area contributed by atoms with Crippen molar-refractivity contribution >= 4 is 17.4 Å². The van der Waals surface area contributed by atoms with Gasteiger partial charge in [0.1, 0.15) is 5.82 Å². The number of nitrogens with zero attached hydrogens (tertiary/aromatic N) is 1. The van der Waals surface area contributed by atoms with E-state index in [1.807, 2.05) is 37.3 Å². The van der Waals surface area contributed by atoms with Gasteiger partial charge >= 0.3 is 0 Å². The fraction of sp³-hybridized carbons (Fsp3) is 0.143. The summed E-state index contributed by atoms with van der Waals surface area (Å²) in [6.45, 7) is 1.89. The molecule has 1 heterocycles. The molecule has 0 unspecified atom stereocenters. The van der Waals surface area contributed by atoms with Gasteiger partial charge in [-0.2, -0.15) is 0 Å². The zero-order valence-electron chi connectivity index (χ0n) is 10.4. The lowest BCUT2D eigenvalue weighted by atomic mass is 10.1. The van der Waals surface area contributed by atoms with E-state index in [-0.39, 0.29) is 5.91 Å². The molecule has 92 valence electrons. The highest BCUT2D eigenvalue weighted by Gasteiger charge is 2.10. The number of anilines is 2. The number of carbonyl (C=O) groups is 1. The molecule has 2 rings (SSSR count). The zero-order chi connectivity index (χ0) is 13.0. The number of amides is 1. The number of rotatable bonds is 3. The molecule has 0 aliphatic heterocycles. The first-order chi connectivity index (χ1) is 8.70. The SMILES string of the molecule is CNc1ccccc1C(=O)Nc1cccc(C)n1. The quantitative estimate of drug-likeness (QED) is 0.868. The molecule has 0 aliphatic rings. The summed E-state index contributed by atoms with van der Waals surface area (Å²) >= 11 is 0. The van der Waals surface area contributed by atoms with Crippen LogP contribution in [0.5, 0.6) is 0 Å². The summed E-state index contributed by atoms with van der Waals surface area (Å²) in [4.78, 5) is 16.4. The monoisotopic (exact) mass is 241 g/mol. The van der Waals surface area contributed by atoms with Crippen molar-refractivity contribution in [1.29, 1.82) is 0 Å². The van der Waals surface area contributed by atoms with E-state index in [9.17, 15) is 4.79 Å². The molecule has 2 aromatic rings. The second-order valence-corrected chi connectivity index (χ2v) is 3.91. The van der Waals surface area contributed by atoms with Gasteiger partial charge < -0.3 is 10.6 Å². The Balaban J connectivity index is 2.22. The topological polar surface area (TPSA) is 54.0 Å². The van der Waals surface area contributed by atoms with Crippen molar-refractivity contribution < 1.29 is 4.79 Å². The second kappa shape index (κ2) is 5.31. The molecule has 0 aliphatic carbocycles. The fourth-order valence-corrected chi connectivity index (χ4v) is 1.70. The van der Waals surface area contributed by atoms with E-state index in [0.29, 0.717) is 11.4 Å². The smallest absolute Gasteiger partial charge is 0.258 e. The Labute approximate surface area is 106 Å². The van der Waals surface area contributed by atoms with Gasteiger partial charge in [-0.1, -0.05) is 18.2 Å². The molecule has 0 saturated carbocycles. The summed E-state index contributed by atoms with van der Waals surface area (Å²) in [7, 11) is 1.79. The molecule has 0 fully saturated rings. The Kier molecular flexibility index (Phi) is 3.57. The average Bonchev–Trinajstić information content (AvgIpc) is 2.38. The van der Waals surface area contributed by atoms with Crippen LogP contribution in [0, 0.1) is 6.92 Å². The van der Waals surface area contributed by atoms with Crippen molar-refractivity contribution in [2.24, 2.45) is 0 Å².